The number of nitrogens with zero attached hydrogens (tertiary/aromatic N) is 2. The Hall–Kier alpha value is -1.40. The molecule has 0 spiro atoms. The van der Waals surface area contributed by atoms with Crippen molar-refractivity contribution >= 4 is 43.5 Å². The summed E-state index contributed by atoms with van der Waals surface area (Å²) in [5.41, 5.74) is 2.79. The van der Waals surface area contributed by atoms with Crippen LogP contribution < -0.4 is 4.90 Å². The molecule has 0 radical (unpaired) electrons. The Labute approximate surface area is 140 Å². The number of aromatic nitrogens is 1. The summed E-state index contributed by atoms with van der Waals surface area (Å²) in [4.78, 5) is 17.2. The highest BCUT2D eigenvalue weighted by atomic mass is 79.9. The number of anilines is 1. The van der Waals surface area contributed by atoms with Crippen molar-refractivity contribution < 1.29 is 9.90 Å². The maximum Gasteiger partial charge on any atom is 0.323 e. The number of pyridine rings is 1. The largest absolute Gasteiger partial charge is 0.480 e. The number of rotatable bonds is 5. The van der Waals surface area contributed by atoms with Gasteiger partial charge in [0, 0.05) is 20.8 Å². The normalized spacial score (nSPS) is 10.4. The third-order valence-corrected chi connectivity index (χ3v) is 4.07. The van der Waals surface area contributed by atoms with Crippen molar-refractivity contribution in [3.05, 3.63) is 56.7 Å². The molecule has 0 unspecified atom stereocenters. The zero-order valence-corrected chi connectivity index (χ0v) is 14.6. The van der Waals surface area contributed by atoms with Crippen LogP contribution in [0.1, 0.15) is 11.3 Å². The highest BCUT2D eigenvalue weighted by Gasteiger charge is 2.14. The van der Waals surface area contributed by atoms with Gasteiger partial charge in [0.15, 0.2) is 0 Å². The first-order valence-corrected chi connectivity index (χ1v) is 7.87. The second kappa shape index (κ2) is 7.04. The molecule has 0 saturated heterocycles. The summed E-state index contributed by atoms with van der Waals surface area (Å²) in [6.07, 6.45) is 1.70. The molecular formula is C15H14Br2N2O2. The van der Waals surface area contributed by atoms with Gasteiger partial charge in [-0.05, 0) is 57.0 Å². The van der Waals surface area contributed by atoms with Gasteiger partial charge in [-0.1, -0.05) is 17.7 Å². The topological polar surface area (TPSA) is 53.4 Å². The van der Waals surface area contributed by atoms with E-state index < -0.39 is 5.97 Å². The maximum atomic E-state index is 11.1. The van der Waals surface area contributed by atoms with Gasteiger partial charge in [0.1, 0.15) is 6.54 Å². The van der Waals surface area contributed by atoms with E-state index in [1.807, 2.05) is 37.3 Å². The average Bonchev–Trinajstić information content (AvgIpc) is 2.41. The average molecular weight is 414 g/mol. The predicted molar refractivity (Wildman–Crippen MR) is 89.5 cm³/mol. The number of hydrogen-bond donors (Lipinski definition) is 1. The molecule has 0 atom stereocenters. The number of carbonyl (C=O) groups is 1. The Bertz CT molecular complexity index is 645. The number of carboxylic acid groups (broad SMARTS) is 1. The first-order chi connectivity index (χ1) is 9.95. The lowest BCUT2D eigenvalue weighted by molar-refractivity contribution is -0.135. The fraction of sp³-hybridized carbons (Fsp3) is 0.200. The molecule has 0 bridgehead atoms. The molecule has 0 aliphatic rings. The Balaban J connectivity index is 2.27. The van der Waals surface area contributed by atoms with Gasteiger partial charge in [-0.15, -0.1) is 0 Å². The smallest absolute Gasteiger partial charge is 0.323 e. The second-order valence-corrected chi connectivity index (χ2v) is 6.44. The summed E-state index contributed by atoms with van der Waals surface area (Å²) in [6.45, 7) is 2.34. The Kier molecular flexibility index (Phi) is 5.36. The van der Waals surface area contributed by atoms with Crippen molar-refractivity contribution in [2.45, 2.75) is 13.5 Å². The number of aryl methyl sites for hydroxylation is 1. The first kappa shape index (κ1) is 16.0. The molecule has 1 heterocycles. The minimum Gasteiger partial charge on any atom is -0.480 e. The summed E-state index contributed by atoms with van der Waals surface area (Å²) in [7, 11) is 0. The second-order valence-electron chi connectivity index (χ2n) is 4.67. The van der Waals surface area contributed by atoms with Crippen LogP contribution in [0.25, 0.3) is 0 Å². The Morgan fingerprint density at radius 3 is 2.52 bits per heavy atom. The standard InChI is InChI=1S/C15H14Br2N2O2/c1-10-2-4-12(5-3-10)19(9-15(20)21)8-14-13(17)6-11(16)7-18-14/h2-7H,8-9H2,1H3,(H,20,21). The molecule has 6 heteroatoms. The molecule has 0 aliphatic carbocycles. The van der Waals surface area contributed by atoms with E-state index in [-0.39, 0.29) is 6.54 Å². The zero-order valence-electron chi connectivity index (χ0n) is 11.4. The van der Waals surface area contributed by atoms with Crippen LogP contribution in [-0.2, 0) is 11.3 Å². The molecular weight excluding hydrogens is 400 g/mol. The lowest BCUT2D eigenvalue weighted by Crippen LogP contribution is -2.29. The Morgan fingerprint density at radius 1 is 1.29 bits per heavy atom. The predicted octanol–water partition coefficient (Wildman–Crippen LogP) is 4.01. The van der Waals surface area contributed by atoms with Crippen molar-refractivity contribution in [2.75, 3.05) is 11.4 Å². The summed E-state index contributed by atoms with van der Waals surface area (Å²) < 4.78 is 1.72. The van der Waals surface area contributed by atoms with Crippen molar-refractivity contribution in [3.63, 3.8) is 0 Å². The summed E-state index contributed by atoms with van der Waals surface area (Å²) in [5.74, 6) is -0.871. The number of benzene rings is 1. The quantitative estimate of drug-likeness (QED) is 0.804. The molecule has 1 N–H and O–H groups in total. The minimum absolute atomic E-state index is 0.0761. The van der Waals surface area contributed by atoms with E-state index in [0.717, 1.165) is 25.9 Å². The monoisotopic (exact) mass is 412 g/mol. The first-order valence-electron chi connectivity index (χ1n) is 6.29. The van der Waals surface area contributed by atoms with Gasteiger partial charge in [-0.3, -0.25) is 9.78 Å². The van der Waals surface area contributed by atoms with Gasteiger partial charge in [-0.2, -0.15) is 0 Å². The lowest BCUT2D eigenvalue weighted by atomic mass is 10.2. The van der Waals surface area contributed by atoms with E-state index in [4.69, 9.17) is 5.11 Å². The van der Waals surface area contributed by atoms with Gasteiger partial charge >= 0.3 is 5.97 Å². The van der Waals surface area contributed by atoms with E-state index >= 15 is 0 Å². The van der Waals surface area contributed by atoms with E-state index in [9.17, 15) is 4.79 Å². The number of aliphatic carboxylic acids is 1. The zero-order chi connectivity index (χ0) is 15.4. The molecule has 1 aromatic heterocycles. The molecule has 0 aliphatic heterocycles. The number of carboxylic acids is 1. The fourth-order valence-electron chi connectivity index (χ4n) is 1.90. The third-order valence-electron chi connectivity index (χ3n) is 2.95. The van der Waals surface area contributed by atoms with Crippen LogP contribution in [-0.4, -0.2) is 22.6 Å². The molecule has 21 heavy (non-hydrogen) atoms. The van der Waals surface area contributed by atoms with Gasteiger partial charge in [0.2, 0.25) is 0 Å². The summed E-state index contributed by atoms with van der Waals surface area (Å²) in [5, 5.41) is 9.11. The van der Waals surface area contributed by atoms with Crippen LogP contribution in [0, 0.1) is 6.92 Å². The molecule has 4 nitrogen and oxygen atoms in total. The fourth-order valence-corrected chi connectivity index (χ4v) is 3.01. The molecule has 1 aromatic carbocycles. The third kappa shape index (κ3) is 4.54. The number of hydrogen-bond acceptors (Lipinski definition) is 3. The van der Waals surface area contributed by atoms with E-state index in [1.165, 1.54) is 0 Å². The van der Waals surface area contributed by atoms with Crippen LogP contribution in [0.2, 0.25) is 0 Å². The Morgan fingerprint density at radius 2 is 1.95 bits per heavy atom. The molecule has 2 aromatic rings. The van der Waals surface area contributed by atoms with Gasteiger partial charge in [0.25, 0.3) is 0 Å². The van der Waals surface area contributed by atoms with Crippen LogP contribution in [0.5, 0.6) is 0 Å². The van der Waals surface area contributed by atoms with Crippen LogP contribution in [0.4, 0.5) is 5.69 Å². The van der Waals surface area contributed by atoms with Gasteiger partial charge < -0.3 is 10.0 Å². The van der Waals surface area contributed by atoms with Gasteiger partial charge in [0.05, 0.1) is 12.2 Å². The summed E-state index contributed by atoms with van der Waals surface area (Å²) >= 11 is 6.81. The number of halogens is 2. The summed E-state index contributed by atoms with van der Waals surface area (Å²) in [6, 6.07) is 9.68. The van der Waals surface area contributed by atoms with Crippen molar-refractivity contribution in [1.82, 2.24) is 4.98 Å². The molecule has 0 fully saturated rings. The van der Waals surface area contributed by atoms with Gasteiger partial charge in [-0.25, -0.2) is 0 Å². The van der Waals surface area contributed by atoms with Crippen LogP contribution in [0.15, 0.2) is 45.5 Å². The lowest BCUT2D eigenvalue weighted by Gasteiger charge is -2.23. The highest BCUT2D eigenvalue weighted by molar-refractivity contribution is 9.11. The molecule has 110 valence electrons. The highest BCUT2D eigenvalue weighted by Crippen LogP contribution is 2.23. The van der Waals surface area contributed by atoms with E-state index in [1.54, 1.807) is 11.1 Å². The van der Waals surface area contributed by atoms with Crippen LogP contribution >= 0.6 is 31.9 Å². The molecule has 0 amide bonds. The van der Waals surface area contributed by atoms with Crippen molar-refractivity contribution in [3.8, 4) is 0 Å². The van der Waals surface area contributed by atoms with Crippen LogP contribution in [0.3, 0.4) is 0 Å². The van der Waals surface area contributed by atoms with E-state index in [0.29, 0.717) is 6.54 Å². The van der Waals surface area contributed by atoms with E-state index in [2.05, 4.69) is 36.8 Å². The SMILES string of the molecule is Cc1ccc(N(CC(=O)O)Cc2ncc(Br)cc2Br)cc1. The minimum atomic E-state index is -0.871. The van der Waals surface area contributed by atoms with Crippen molar-refractivity contribution in [2.24, 2.45) is 0 Å². The molecule has 0 saturated carbocycles. The van der Waals surface area contributed by atoms with Crippen molar-refractivity contribution in [1.29, 1.82) is 0 Å². The maximum absolute atomic E-state index is 11.1. The molecule has 2 rings (SSSR count).